The van der Waals surface area contributed by atoms with Gasteiger partial charge in [-0.25, -0.2) is 0 Å². The Morgan fingerprint density at radius 2 is 1.69 bits per heavy atom. The van der Waals surface area contributed by atoms with Crippen LogP contribution in [0.3, 0.4) is 0 Å². The zero-order chi connectivity index (χ0) is 10.5. The van der Waals surface area contributed by atoms with Gasteiger partial charge in [-0.15, -0.1) is 0 Å². The van der Waals surface area contributed by atoms with E-state index in [9.17, 15) is 0 Å². The molecule has 1 nitrogen and oxygen atoms in total. The highest BCUT2D eigenvalue weighted by molar-refractivity contribution is 4.74. The molecule has 0 bridgehead atoms. The second-order valence-corrected chi connectivity index (χ2v) is 5.36. The first-order valence-corrected chi connectivity index (χ1v) is 5.61. The van der Waals surface area contributed by atoms with Crippen LogP contribution in [0, 0.1) is 11.3 Å². The van der Waals surface area contributed by atoms with Gasteiger partial charge in [0.25, 0.3) is 0 Å². The maximum absolute atomic E-state index is 3.54. The average Bonchev–Trinajstić information content (AvgIpc) is 1.99. The van der Waals surface area contributed by atoms with E-state index in [0.717, 1.165) is 12.5 Å². The molecule has 1 N–H and O–H groups in total. The van der Waals surface area contributed by atoms with Gasteiger partial charge in [-0.05, 0) is 37.6 Å². The predicted octanol–water partition coefficient (Wildman–Crippen LogP) is 3.45. The third kappa shape index (κ3) is 6.09. The van der Waals surface area contributed by atoms with Crippen molar-refractivity contribution in [2.75, 3.05) is 6.54 Å². The van der Waals surface area contributed by atoms with Crippen LogP contribution in [0.1, 0.15) is 54.4 Å². The third-order valence-electron chi connectivity index (χ3n) is 2.93. The van der Waals surface area contributed by atoms with Gasteiger partial charge < -0.3 is 5.32 Å². The minimum absolute atomic E-state index is 0.447. The molecular weight excluding hydrogens is 158 g/mol. The van der Waals surface area contributed by atoms with Gasteiger partial charge >= 0.3 is 0 Å². The molecule has 0 amide bonds. The van der Waals surface area contributed by atoms with Crippen molar-refractivity contribution >= 4 is 0 Å². The van der Waals surface area contributed by atoms with E-state index in [-0.39, 0.29) is 0 Å². The van der Waals surface area contributed by atoms with Crippen molar-refractivity contribution in [1.29, 1.82) is 0 Å². The van der Waals surface area contributed by atoms with Crippen LogP contribution in [0.4, 0.5) is 0 Å². The molecule has 0 saturated carbocycles. The Bertz CT molecular complexity index is 124. The molecule has 2 atom stereocenters. The maximum atomic E-state index is 3.54. The van der Waals surface area contributed by atoms with Crippen LogP contribution in [-0.2, 0) is 0 Å². The van der Waals surface area contributed by atoms with Gasteiger partial charge in [0, 0.05) is 6.04 Å². The highest BCUT2D eigenvalue weighted by atomic mass is 14.9. The van der Waals surface area contributed by atoms with Crippen molar-refractivity contribution in [1.82, 2.24) is 5.32 Å². The molecule has 0 saturated heterocycles. The summed E-state index contributed by atoms with van der Waals surface area (Å²) < 4.78 is 0. The topological polar surface area (TPSA) is 12.0 Å². The average molecular weight is 185 g/mol. The Balaban J connectivity index is 3.71. The summed E-state index contributed by atoms with van der Waals surface area (Å²) in [5, 5.41) is 3.54. The molecule has 80 valence electrons. The van der Waals surface area contributed by atoms with Crippen molar-refractivity contribution < 1.29 is 0 Å². The van der Waals surface area contributed by atoms with Gasteiger partial charge in [0.2, 0.25) is 0 Å². The Labute approximate surface area is 84.3 Å². The minimum Gasteiger partial charge on any atom is -0.314 e. The summed E-state index contributed by atoms with van der Waals surface area (Å²) in [7, 11) is 0. The van der Waals surface area contributed by atoms with Crippen LogP contribution in [0.5, 0.6) is 0 Å². The number of hydrogen-bond acceptors (Lipinski definition) is 1. The van der Waals surface area contributed by atoms with Crippen molar-refractivity contribution in [2.45, 2.75) is 60.4 Å². The molecule has 0 aliphatic heterocycles. The van der Waals surface area contributed by atoms with E-state index in [4.69, 9.17) is 0 Å². The van der Waals surface area contributed by atoms with Crippen LogP contribution < -0.4 is 5.32 Å². The quantitative estimate of drug-likeness (QED) is 0.692. The second kappa shape index (κ2) is 5.64. The summed E-state index contributed by atoms with van der Waals surface area (Å²) >= 11 is 0. The lowest BCUT2D eigenvalue weighted by molar-refractivity contribution is 0.227. The number of hydrogen-bond donors (Lipinski definition) is 1. The van der Waals surface area contributed by atoms with E-state index >= 15 is 0 Å². The van der Waals surface area contributed by atoms with Crippen molar-refractivity contribution in [2.24, 2.45) is 11.3 Å². The lowest BCUT2D eigenvalue weighted by atomic mass is 9.79. The molecule has 0 fully saturated rings. The van der Waals surface area contributed by atoms with Crippen LogP contribution in [0.2, 0.25) is 0 Å². The molecule has 0 aromatic heterocycles. The lowest BCUT2D eigenvalue weighted by Crippen LogP contribution is -2.31. The highest BCUT2D eigenvalue weighted by Gasteiger charge is 2.21. The fraction of sp³-hybridized carbons (Fsp3) is 1.00. The molecule has 2 unspecified atom stereocenters. The molecule has 0 heterocycles. The SMILES string of the molecule is CCCNC(C)CC(C)C(C)(C)C. The second-order valence-electron chi connectivity index (χ2n) is 5.36. The summed E-state index contributed by atoms with van der Waals surface area (Å²) in [5.41, 5.74) is 0.447. The molecule has 0 aliphatic rings. The monoisotopic (exact) mass is 185 g/mol. The molecule has 1 heteroatoms. The molecular formula is C12H27N. The van der Waals surface area contributed by atoms with Gasteiger partial charge in [-0.1, -0.05) is 34.6 Å². The summed E-state index contributed by atoms with van der Waals surface area (Å²) in [6.07, 6.45) is 2.51. The summed E-state index contributed by atoms with van der Waals surface area (Å²) in [5.74, 6) is 0.784. The first-order chi connectivity index (χ1) is 5.88. The molecule has 0 aromatic carbocycles. The van der Waals surface area contributed by atoms with Crippen molar-refractivity contribution in [3.63, 3.8) is 0 Å². The Kier molecular flexibility index (Phi) is 5.62. The van der Waals surface area contributed by atoms with Gasteiger partial charge in [0.1, 0.15) is 0 Å². The Morgan fingerprint density at radius 1 is 1.15 bits per heavy atom. The largest absolute Gasteiger partial charge is 0.314 e. The third-order valence-corrected chi connectivity index (χ3v) is 2.93. The minimum atomic E-state index is 0.447. The standard InChI is InChI=1S/C12H27N/c1-7-8-13-11(3)9-10(2)12(4,5)6/h10-11,13H,7-9H2,1-6H3. The molecule has 0 aliphatic carbocycles. The Morgan fingerprint density at radius 3 is 2.08 bits per heavy atom. The van der Waals surface area contributed by atoms with Crippen LogP contribution in [-0.4, -0.2) is 12.6 Å². The van der Waals surface area contributed by atoms with E-state index in [1.165, 1.54) is 12.8 Å². The van der Waals surface area contributed by atoms with E-state index in [2.05, 4.69) is 46.9 Å². The molecule has 0 spiro atoms. The summed E-state index contributed by atoms with van der Waals surface area (Å²) in [6.45, 7) is 15.0. The highest BCUT2D eigenvalue weighted by Crippen LogP contribution is 2.28. The predicted molar refractivity (Wildman–Crippen MR) is 61.0 cm³/mol. The number of nitrogens with one attached hydrogen (secondary N) is 1. The normalized spacial score (nSPS) is 17.1. The van der Waals surface area contributed by atoms with Crippen LogP contribution in [0.15, 0.2) is 0 Å². The van der Waals surface area contributed by atoms with Gasteiger partial charge in [0.05, 0.1) is 0 Å². The summed E-state index contributed by atoms with van der Waals surface area (Å²) in [4.78, 5) is 0. The first kappa shape index (κ1) is 13.0. The van der Waals surface area contributed by atoms with E-state index in [1.807, 2.05) is 0 Å². The zero-order valence-electron chi connectivity index (χ0n) is 10.3. The smallest absolute Gasteiger partial charge is 0.00414 e. The van der Waals surface area contributed by atoms with Gasteiger partial charge in [-0.2, -0.15) is 0 Å². The fourth-order valence-corrected chi connectivity index (χ4v) is 1.36. The van der Waals surface area contributed by atoms with E-state index < -0.39 is 0 Å². The summed E-state index contributed by atoms with van der Waals surface area (Å²) in [6, 6.07) is 0.661. The molecule has 0 aromatic rings. The fourth-order valence-electron chi connectivity index (χ4n) is 1.36. The molecule has 13 heavy (non-hydrogen) atoms. The van der Waals surface area contributed by atoms with Gasteiger partial charge in [0.15, 0.2) is 0 Å². The zero-order valence-corrected chi connectivity index (χ0v) is 10.3. The van der Waals surface area contributed by atoms with Gasteiger partial charge in [-0.3, -0.25) is 0 Å². The number of rotatable bonds is 5. The first-order valence-electron chi connectivity index (χ1n) is 5.61. The molecule has 0 rings (SSSR count). The van der Waals surface area contributed by atoms with E-state index in [1.54, 1.807) is 0 Å². The van der Waals surface area contributed by atoms with Crippen molar-refractivity contribution in [3.8, 4) is 0 Å². The van der Waals surface area contributed by atoms with Crippen molar-refractivity contribution in [3.05, 3.63) is 0 Å². The lowest BCUT2D eigenvalue weighted by Gasteiger charge is -2.29. The van der Waals surface area contributed by atoms with Crippen LogP contribution >= 0.6 is 0 Å². The Hall–Kier alpha value is -0.0400. The van der Waals surface area contributed by atoms with E-state index in [0.29, 0.717) is 11.5 Å². The molecule has 0 radical (unpaired) electrons. The van der Waals surface area contributed by atoms with Crippen LogP contribution in [0.25, 0.3) is 0 Å². The maximum Gasteiger partial charge on any atom is 0.00414 e.